The van der Waals surface area contributed by atoms with E-state index in [4.69, 9.17) is 23.2 Å². The van der Waals surface area contributed by atoms with Crippen LogP contribution in [0.3, 0.4) is 0 Å². The van der Waals surface area contributed by atoms with E-state index in [0.29, 0.717) is 15.7 Å². The molecule has 0 bridgehead atoms. The van der Waals surface area contributed by atoms with Gasteiger partial charge in [-0.25, -0.2) is 0 Å². The Balaban J connectivity index is 2.02. The molecule has 126 valence electrons. The van der Waals surface area contributed by atoms with E-state index in [9.17, 15) is 9.59 Å². The van der Waals surface area contributed by atoms with Crippen molar-refractivity contribution in [1.82, 2.24) is 4.90 Å². The molecule has 1 saturated carbocycles. The minimum atomic E-state index is -0.256. The molecule has 1 aromatic carbocycles. The van der Waals surface area contributed by atoms with Gasteiger partial charge < -0.3 is 10.2 Å². The largest absolute Gasteiger partial charge is 0.331 e. The number of hydrogen-bond donors (Lipinski definition) is 1. The molecule has 4 nitrogen and oxygen atoms in total. The monoisotopic (exact) mass is 356 g/mol. The number of carbonyl (C=O) groups excluding carboxylic acids is 2. The SMILES string of the molecule is CC(=O)N(CC(=O)Nc1cc(Cl)ccc1Cl)C1CCCCCC1. The predicted molar refractivity (Wildman–Crippen MR) is 94.0 cm³/mol. The Bertz CT molecular complexity index is 570. The third-order valence-corrected chi connectivity index (χ3v) is 4.75. The van der Waals surface area contributed by atoms with Crippen LogP contribution in [0, 0.1) is 0 Å². The Hall–Kier alpha value is -1.26. The number of amides is 2. The smallest absolute Gasteiger partial charge is 0.244 e. The molecule has 0 atom stereocenters. The zero-order valence-corrected chi connectivity index (χ0v) is 14.8. The van der Waals surface area contributed by atoms with Crippen LogP contribution in [0.2, 0.25) is 10.0 Å². The van der Waals surface area contributed by atoms with Gasteiger partial charge in [-0.1, -0.05) is 48.9 Å². The molecule has 1 N–H and O–H groups in total. The normalized spacial score (nSPS) is 15.8. The minimum Gasteiger partial charge on any atom is -0.331 e. The summed E-state index contributed by atoms with van der Waals surface area (Å²) in [5.41, 5.74) is 0.466. The van der Waals surface area contributed by atoms with E-state index in [0.717, 1.165) is 25.7 Å². The number of hydrogen-bond acceptors (Lipinski definition) is 2. The highest BCUT2D eigenvalue weighted by Crippen LogP contribution is 2.26. The van der Waals surface area contributed by atoms with Gasteiger partial charge in [0.05, 0.1) is 10.7 Å². The Labute approximate surface area is 147 Å². The van der Waals surface area contributed by atoms with Gasteiger partial charge in [0.25, 0.3) is 0 Å². The molecule has 2 amide bonds. The van der Waals surface area contributed by atoms with Crippen molar-refractivity contribution in [2.75, 3.05) is 11.9 Å². The van der Waals surface area contributed by atoms with Gasteiger partial charge in [-0.3, -0.25) is 9.59 Å². The summed E-state index contributed by atoms with van der Waals surface area (Å²) in [5.74, 6) is -0.321. The van der Waals surface area contributed by atoms with Crippen LogP contribution in [-0.2, 0) is 9.59 Å². The van der Waals surface area contributed by atoms with E-state index in [1.165, 1.54) is 19.8 Å². The van der Waals surface area contributed by atoms with Crippen molar-refractivity contribution in [3.63, 3.8) is 0 Å². The molecule has 6 heteroatoms. The summed E-state index contributed by atoms with van der Waals surface area (Å²) >= 11 is 12.0. The first-order valence-corrected chi connectivity index (χ1v) is 8.75. The molecule has 2 rings (SSSR count). The van der Waals surface area contributed by atoms with Gasteiger partial charge in [-0.05, 0) is 31.0 Å². The molecule has 0 radical (unpaired) electrons. The fraction of sp³-hybridized carbons (Fsp3) is 0.529. The highest BCUT2D eigenvalue weighted by molar-refractivity contribution is 6.35. The van der Waals surface area contributed by atoms with Crippen molar-refractivity contribution in [2.24, 2.45) is 0 Å². The van der Waals surface area contributed by atoms with Gasteiger partial charge in [-0.15, -0.1) is 0 Å². The van der Waals surface area contributed by atoms with Crippen molar-refractivity contribution in [1.29, 1.82) is 0 Å². The maximum Gasteiger partial charge on any atom is 0.244 e. The van der Waals surface area contributed by atoms with Crippen LogP contribution in [0.15, 0.2) is 18.2 Å². The van der Waals surface area contributed by atoms with Crippen molar-refractivity contribution >= 4 is 40.7 Å². The van der Waals surface area contributed by atoms with Crippen LogP contribution in [0.1, 0.15) is 45.4 Å². The summed E-state index contributed by atoms with van der Waals surface area (Å²) in [6.07, 6.45) is 6.54. The van der Waals surface area contributed by atoms with Crippen molar-refractivity contribution < 1.29 is 9.59 Å². The average Bonchev–Trinajstić information content (AvgIpc) is 2.77. The van der Waals surface area contributed by atoms with Crippen LogP contribution in [0.5, 0.6) is 0 Å². The van der Waals surface area contributed by atoms with Gasteiger partial charge in [0.2, 0.25) is 11.8 Å². The van der Waals surface area contributed by atoms with E-state index in [1.54, 1.807) is 23.1 Å². The number of nitrogens with one attached hydrogen (secondary N) is 1. The molecule has 0 heterocycles. The molecule has 0 spiro atoms. The lowest BCUT2D eigenvalue weighted by atomic mass is 10.1. The minimum absolute atomic E-state index is 0.0445. The molecule has 0 unspecified atom stereocenters. The second-order valence-corrected chi connectivity index (χ2v) is 6.81. The first-order valence-electron chi connectivity index (χ1n) is 7.99. The first kappa shape index (κ1) is 18.1. The van der Waals surface area contributed by atoms with Gasteiger partial charge in [0.15, 0.2) is 0 Å². The predicted octanol–water partition coefficient (Wildman–Crippen LogP) is 4.50. The number of nitrogens with zero attached hydrogens (tertiary/aromatic N) is 1. The fourth-order valence-corrected chi connectivity index (χ4v) is 3.34. The van der Waals surface area contributed by atoms with E-state index >= 15 is 0 Å². The van der Waals surface area contributed by atoms with Crippen LogP contribution in [0.25, 0.3) is 0 Å². The maximum absolute atomic E-state index is 12.3. The Morgan fingerprint density at radius 3 is 2.43 bits per heavy atom. The standard InChI is InChI=1S/C17H22Cl2N2O2/c1-12(22)21(14-6-4-2-3-5-7-14)11-17(23)20-16-10-13(18)8-9-15(16)19/h8-10,14H,2-7,11H2,1H3,(H,20,23). The van der Waals surface area contributed by atoms with Crippen molar-refractivity contribution in [3.8, 4) is 0 Å². The molecule has 1 aliphatic carbocycles. The van der Waals surface area contributed by atoms with Crippen LogP contribution >= 0.6 is 23.2 Å². The Kier molecular flexibility index (Phi) is 6.72. The van der Waals surface area contributed by atoms with Gasteiger partial charge in [0.1, 0.15) is 6.54 Å². The molecular weight excluding hydrogens is 335 g/mol. The zero-order chi connectivity index (χ0) is 16.8. The summed E-state index contributed by atoms with van der Waals surface area (Å²) in [6, 6.07) is 5.04. The Morgan fingerprint density at radius 2 is 1.83 bits per heavy atom. The van der Waals surface area contributed by atoms with Crippen molar-refractivity contribution in [3.05, 3.63) is 28.2 Å². The van der Waals surface area contributed by atoms with E-state index in [1.807, 2.05) is 0 Å². The van der Waals surface area contributed by atoms with Gasteiger partial charge in [0, 0.05) is 18.0 Å². The summed E-state index contributed by atoms with van der Waals surface area (Å²) < 4.78 is 0. The second kappa shape index (κ2) is 8.55. The third-order valence-electron chi connectivity index (χ3n) is 4.19. The van der Waals surface area contributed by atoms with Crippen molar-refractivity contribution in [2.45, 2.75) is 51.5 Å². The topological polar surface area (TPSA) is 49.4 Å². The number of carbonyl (C=O) groups is 2. The summed E-state index contributed by atoms with van der Waals surface area (Å²) in [6.45, 7) is 1.56. The molecule has 23 heavy (non-hydrogen) atoms. The number of benzene rings is 1. The molecule has 0 saturated heterocycles. The van der Waals surface area contributed by atoms with E-state index in [-0.39, 0.29) is 24.4 Å². The fourth-order valence-electron chi connectivity index (χ4n) is 3.00. The highest BCUT2D eigenvalue weighted by Gasteiger charge is 2.24. The Morgan fingerprint density at radius 1 is 1.17 bits per heavy atom. The summed E-state index contributed by atoms with van der Waals surface area (Å²) in [4.78, 5) is 26.0. The number of halogens is 2. The second-order valence-electron chi connectivity index (χ2n) is 5.96. The lowest BCUT2D eigenvalue weighted by molar-refractivity contribution is -0.135. The molecule has 1 aliphatic rings. The molecule has 0 aliphatic heterocycles. The van der Waals surface area contributed by atoms with E-state index in [2.05, 4.69) is 5.32 Å². The lowest BCUT2D eigenvalue weighted by Crippen LogP contribution is -2.43. The van der Waals surface area contributed by atoms with Crippen LogP contribution in [0.4, 0.5) is 5.69 Å². The number of anilines is 1. The zero-order valence-electron chi connectivity index (χ0n) is 13.3. The molecule has 1 aromatic rings. The number of rotatable bonds is 4. The summed E-state index contributed by atoms with van der Waals surface area (Å²) in [7, 11) is 0. The summed E-state index contributed by atoms with van der Waals surface area (Å²) in [5, 5.41) is 3.66. The van der Waals surface area contributed by atoms with E-state index < -0.39 is 0 Å². The third kappa shape index (κ3) is 5.40. The first-order chi connectivity index (χ1) is 11.0. The maximum atomic E-state index is 12.3. The average molecular weight is 357 g/mol. The van der Waals surface area contributed by atoms with Gasteiger partial charge >= 0.3 is 0 Å². The molecular formula is C17H22Cl2N2O2. The highest BCUT2D eigenvalue weighted by atomic mass is 35.5. The quantitative estimate of drug-likeness (QED) is 0.807. The molecule has 0 aromatic heterocycles. The molecule has 1 fully saturated rings. The van der Waals surface area contributed by atoms with Crippen LogP contribution < -0.4 is 5.32 Å². The van der Waals surface area contributed by atoms with Gasteiger partial charge in [-0.2, -0.15) is 0 Å². The van der Waals surface area contributed by atoms with Crippen LogP contribution in [-0.4, -0.2) is 29.3 Å². The lowest BCUT2D eigenvalue weighted by Gasteiger charge is -2.29.